The lowest BCUT2D eigenvalue weighted by atomic mass is 9.79. The zero-order valence-electron chi connectivity index (χ0n) is 15.9. The average Bonchev–Trinajstić information content (AvgIpc) is 2.73. The summed E-state index contributed by atoms with van der Waals surface area (Å²) in [6.45, 7) is 3.20. The van der Waals surface area contributed by atoms with Crippen molar-refractivity contribution >= 4 is 5.91 Å². The molecule has 3 rings (SSSR count). The Labute approximate surface area is 161 Å². The Morgan fingerprint density at radius 2 is 1.78 bits per heavy atom. The van der Waals surface area contributed by atoms with E-state index in [-0.39, 0.29) is 17.9 Å². The van der Waals surface area contributed by atoms with Gasteiger partial charge in [-0.3, -0.25) is 4.79 Å². The van der Waals surface area contributed by atoms with Crippen LogP contribution in [0.15, 0.2) is 54.6 Å². The maximum atomic E-state index is 12.4. The highest BCUT2D eigenvalue weighted by Crippen LogP contribution is 2.30. The minimum atomic E-state index is -0.105. The van der Waals surface area contributed by atoms with Gasteiger partial charge in [0.2, 0.25) is 0 Å². The normalized spacial score (nSPS) is 15.9. The van der Waals surface area contributed by atoms with Crippen molar-refractivity contribution < 1.29 is 14.3 Å². The first-order valence-electron chi connectivity index (χ1n) is 9.46. The average molecular weight is 368 g/mol. The molecule has 1 fully saturated rings. The van der Waals surface area contributed by atoms with Crippen molar-refractivity contribution in [2.75, 3.05) is 40.0 Å². The maximum absolute atomic E-state index is 12.4. The highest BCUT2D eigenvalue weighted by atomic mass is 16.5. The summed E-state index contributed by atoms with van der Waals surface area (Å²) in [5.41, 5.74) is 2.07. The first-order valence-corrected chi connectivity index (χ1v) is 9.46. The number of nitrogens with one attached hydrogen (secondary N) is 2. The number of rotatable bonds is 8. The molecule has 2 aromatic rings. The lowest BCUT2D eigenvalue weighted by Crippen LogP contribution is -2.47. The molecule has 1 amide bonds. The Kier molecular flexibility index (Phi) is 6.85. The van der Waals surface area contributed by atoms with Gasteiger partial charge in [0.25, 0.3) is 5.91 Å². The molecule has 2 N–H and O–H groups in total. The van der Waals surface area contributed by atoms with E-state index in [1.54, 1.807) is 7.11 Å². The molecule has 1 aliphatic heterocycles. The summed E-state index contributed by atoms with van der Waals surface area (Å²) in [7, 11) is 1.72. The molecular weight excluding hydrogens is 340 g/mol. The van der Waals surface area contributed by atoms with Crippen LogP contribution >= 0.6 is 0 Å². The summed E-state index contributed by atoms with van der Waals surface area (Å²) < 4.78 is 11.2. The molecule has 5 nitrogen and oxygen atoms in total. The van der Waals surface area contributed by atoms with Gasteiger partial charge in [0.1, 0.15) is 5.75 Å². The standard InChI is InChI=1S/C22H28N2O3/c1-26-17-22(11-13-23-14-12-22)16-24-21(25)15-27-20-10-6-5-9-19(20)18-7-3-2-4-8-18/h2-10,23H,11-17H2,1H3,(H,24,25). The Morgan fingerprint density at radius 1 is 1.07 bits per heavy atom. The lowest BCUT2D eigenvalue weighted by molar-refractivity contribution is -0.124. The zero-order chi connectivity index (χ0) is 19.0. The fourth-order valence-electron chi connectivity index (χ4n) is 3.56. The number of benzene rings is 2. The van der Waals surface area contributed by atoms with Gasteiger partial charge in [-0.25, -0.2) is 0 Å². The van der Waals surface area contributed by atoms with E-state index >= 15 is 0 Å². The van der Waals surface area contributed by atoms with E-state index in [1.165, 1.54) is 0 Å². The van der Waals surface area contributed by atoms with Crippen molar-refractivity contribution in [2.24, 2.45) is 5.41 Å². The van der Waals surface area contributed by atoms with Gasteiger partial charge in [-0.15, -0.1) is 0 Å². The molecule has 0 bridgehead atoms. The first kappa shape index (κ1) is 19.4. The summed E-state index contributed by atoms with van der Waals surface area (Å²) in [6, 6.07) is 17.8. The predicted molar refractivity (Wildman–Crippen MR) is 107 cm³/mol. The number of carbonyl (C=O) groups excluding carboxylic acids is 1. The number of methoxy groups -OCH3 is 1. The summed E-state index contributed by atoms with van der Waals surface area (Å²) >= 11 is 0. The molecule has 0 aliphatic carbocycles. The minimum Gasteiger partial charge on any atom is -0.483 e. The Bertz CT molecular complexity index is 722. The Morgan fingerprint density at radius 3 is 2.52 bits per heavy atom. The third kappa shape index (κ3) is 5.31. The van der Waals surface area contributed by atoms with Crippen molar-refractivity contribution in [3.8, 4) is 16.9 Å². The van der Waals surface area contributed by atoms with E-state index in [4.69, 9.17) is 9.47 Å². The highest BCUT2D eigenvalue weighted by molar-refractivity contribution is 5.78. The van der Waals surface area contributed by atoms with E-state index in [0.717, 1.165) is 37.1 Å². The summed E-state index contributed by atoms with van der Waals surface area (Å²) in [6.07, 6.45) is 2.00. The van der Waals surface area contributed by atoms with Crippen LogP contribution in [0.25, 0.3) is 11.1 Å². The van der Waals surface area contributed by atoms with E-state index in [1.807, 2.05) is 54.6 Å². The number of hydrogen-bond acceptors (Lipinski definition) is 4. The van der Waals surface area contributed by atoms with Crippen molar-refractivity contribution in [3.05, 3.63) is 54.6 Å². The van der Waals surface area contributed by atoms with Crippen molar-refractivity contribution in [3.63, 3.8) is 0 Å². The topological polar surface area (TPSA) is 59.6 Å². The van der Waals surface area contributed by atoms with Crippen LogP contribution in [0.3, 0.4) is 0 Å². The molecular formula is C22H28N2O3. The maximum Gasteiger partial charge on any atom is 0.257 e. The van der Waals surface area contributed by atoms with Crippen LogP contribution in [0.5, 0.6) is 5.75 Å². The van der Waals surface area contributed by atoms with Crippen LogP contribution in [-0.4, -0.2) is 45.9 Å². The number of hydrogen-bond donors (Lipinski definition) is 2. The van der Waals surface area contributed by atoms with Crippen LogP contribution in [0.2, 0.25) is 0 Å². The van der Waals surface area contributed by atoms with Crippen LogP contribution in [0.1, 0.15) is 12.8 Å². The van der Waals surface area contributed by atoms with E-state index in [2.05, 4.69) is 10.6 Å². The fraction of sp³-hybridized carbons (Fsp3) is 0.409. The molecule has 144 valence electrons. The number of carbonyl (C=O) groups is 1. The van der Waals surface area contributed by atoms with Crippen molar-refractivity contribution in [1.82, 2.24) is 10.6 Å². The van der Waals surface area contributed by atoms with Gasteiger partial charge in [0, 0.05) is 24.6 Å². The molecule has 0 radical (unpaired) electrons. The molecule has 0 atom stereocenters. The smallest absolute Gasteiger partial charge is 0.257 e. The molecule has 0 spiro atoms. The second kappa shape index (κ2) is 9.53. The predicted octanol–water partition coefficient (Wildman–Crippen LogP) is 2.86. The lowest BCUT2D eigenvalue weighted by Gasteiger charge is -2.37. The largest absolute Gasteiger partial charge is 0.483 e. The van der Waals surface area contributed by atoms with Gasteiger partial charge in [-0.2, -0.15) is 0 Å². The molecule has 0 saturated carbocycles. The summed E-state index contributed by atoms with van der Waals surface area (Å²) in [5.74, 6) is 0.610. The monoisotopic (exact) mass is 368 g/mol. The van der Waals surface area contributed by atoms with Crippen LogP contribution in [-0.2, 0) is 9.53 Å². The number of piperidine rings is 1. The molecule has 0 unspecified atom stereocenters. The van der Waals surface area contributed by atoms with Gasteiger partial charge < -0.3 is 20.1 Å². The molecule has 5 heteroatoms. The summed E-state index contributed by atoms with van der Waals surface area (Å²) in [5, 5.41) is 6.40. The van der Waals surface area contributed by atoms with E-state index in [0.29, 0.717) is 18.9 Å². The van der Waals surface area contributed by atoms with Gasteiger partial charge in [-0.1, -0.05) is 48.5 Å². The van der Waals surface area contributed by atoms with Crippen LogP contribution < -0.4 is 15.4 Å². The quantitative estimate of drug-likeness (QED) is 0.752. The first-order chi connectivity index (χ1) is 13.2. The third-order valence-corrected chi connectivity index (χ3v) is 5.11. The van der Waals surface area contributed by atoms with Gasteiger partial charge in [0.05, 0.1) is 6.61 Å². The molecule has 1 aliphatic rings. The molecule has 1 heterocycles. The van der Waals surface area contributed by atoms with Gasteiger partial charge in [-0.05, 0) is 37.6 Å². The second-order valence-corrected chi connectivity index (χ2v) is 7.11. The van der Waals surface area contributed by atoms with Gasteiger partial charge >= 0.3 is 0 Å². The zero-order valence-corrected chi connectivity index (χ0v) is 15.9. The Balaban J connectivity index is 1.57. The van der Waals surface area contributed by atoms with Gasteiger partial charge in [0.15, 0.2) is 6.61 Å². The van der Waals surface area contributed by atoms with Crippen molar-refractivity contribution in [1.29, 1.82) is 0 Å². The SMILES string of the molecule is COCC1(CNC(=O)COc2ccccc2-c2ccccc2)CCNCC1. The number of para-hydroxylation sites is 1. The molecule has 1 saturated heterocycles. The molecule has 27 heavy (non-hydrogen) atoms. The third-order valence-electron chi connectivity index (χ3n) is 5.11. The van der Waals surface area contributed by atoms with E-state index < -0.39 is 0 Å². The van der Waals surface area contributed by atoms with E-state index in [9.17, 15) is 4.79 Å². The fourth-order valence-corrected chi connectivity index (χ4v) is 3.56. The molecule has 0 aromatic heterocycles. The van der Waals surface area contributed by atoms with Crippen LogP contribution in [0.4, 0.5) is 0 Å². The van der Waals surface area contributed by atoms with Crippen LogP contribution in [0, 0.1) is 5.41 Å². The van der Waals surface area contributed by atoms with Crippen molar-refractivity contribution in [2.45, 2.75) is 12.8 Å². The number of ether oxygens (including phenoxy) is 2. The highest BCUT2D eigenvalue weighted by Gasteiger charge is 2.32. The second-order valence-electron chi connectivity index (χ2n) is 7.11. The molecule has 2 aromatic carbocycles. The Hall–Kier alpha value is -2.37. The minimum absolute atomic E-state index is 0.00512. The number of amides is 1. The summed E-state index contributed by atoms with van der Waals surface area (Å²) in [4.78, 5) is 12.4.